The van der Waals surface area contributed by atoms with Gasteiger partial charge in [-0.05, 0) is 10.4 Å². The molecule has 0 aromatic carbocycles. The van der Waals surface area contributed by atoms with E-state index in [1.165, 1.54) is 0 Å². The van der Waals surface area contributed by atoms with E-state index in [2.05, 4.69) is 11.2 Å². The average Bonchev–Trinajstić information content (AvgIpc) is 1.90. The minimum atomic E-state index is 0.722. The smallest absolute Gasteiger partial charge is 0.327 e. The molecule has 1 radical (unpaired) electrons. The molecule has 8 heavy (non-hydrogen) atoms. The van der Waals surface area contributed by atoms with Crippen LogP contribution in [0.1, 0.15) is 0 Å². The van der Waals surface area contributed by atoms with Gasteiger partial charge in [0, 0.05) is 6.07 Å². The van der Waals surface area contributed by atoms with Crippen LogP contribution in [-0.2, 0) is 0 Å². The van der Waals surface area contributed by atoms with E-state index in [9.17, 15) is 0 Å². The molecule has 0 atom stereocenters. The van der Waals surface area contributed by atoms with Gasteiger partial charge in [0.05, 0.1) is 6.07 Å². The van der Waals surface area contributed by atoms with Crippen LogP contribution in [0, 0.1) is 6.20 Å². The lowest BCUT2D eigenvalue weighted by Crippen LogP contribution is -2.13. The van der Waals surface area contributed by atoms with E-state index < -0.39 is 0 Å². The number of hydrogen-bond acceptors (Lipinski definition) is 1. The van der Waals surface area contributed by atoms with Gasteiger partial charge in [-0.1, -0.05) is 0 Å². The predicted octanol–water partition coefficient (Wildman–Crippen LogP) is -1.68. The number of hydrogen-bond donors (Lipinski definition) is 1. The first kappa shape index (κ1) is 5.14. The van der Waals surface area contributed by atoms with Crippen molar-refractivity contribution < 1.29 is 10.0 Å². The maximum absolute atomic E-state index is 8.36. The molecule has 0 saturated carbocycles. The van der Waals surface area contributed by atoms with Gasteiger partial charge in [-0.25, -0.2) is 0 Å². The quantitative estimate of drug-likeness (QED) is 0.433. The SMILES string of the molecule is O[B]c1cc#[n+]cc1. The van der Waals surface area contributed by atoms with Crippen LogP contribution in [0.15, 0.2) is 18.3 Å². The second-order valence-corrected chi connectivity index (χ2v) is 1.35. The first-order chi connectivity index (χ1) is 3.93. The molecule has 3 heteroatoms. The van der Waals surface area contributed by atoms with Crippen molar-refractivity contribution in [3.8, 4) is 0 Å². The van der Waals surface area contributed by atoms with Crippen LogP contribution in [-0.4, -0.2) is 12.5 Å². The van der Waals surface area contributed by atoms with Gasteiger partial charge in [-0.2, -0.15) is 0 Å². The van der Waals surface area contributed by atoms with Gasteiger partial charge in [-0.3, -0.25) is 0 Å². The van der Waals surface area contributed by atoms with Gasteiger partial charge in [0.25, 0.3) is 0 Å². The third kappa shape index (κ3) is 0.985. The molecule has 0 aliphatic carbocycles. The Hall–Kier alpha value is -1.01. The molecule has 0 aliphatic heterocycles. The van der Waals surface area contributed by atoms with Gasteiger partial charge in [0.2, 0.25) is 0 Å². The number of rotatable bonds is 1. The Kier molecular flexibility index (Phi) is 1.50. The molecule has 37 valence electrons. The van der Waals surface area contributed by atoms with Crippen LogP contribution in [0.25, 0.3) is 0 Å². The molecule has 2 nitrogen and oxygen atoms in total. The van der Waals surface area contributed by atoms with Crippen molar-refractivity contribution in [3.05, 3.63) is 24.5 Å². The minimum absolute atomic E-state index is 0.722. The Labute approximate surface area is 48.5 Å². The highest BCUT2D eigenvalue weighted by Crippen LogP contribution is 1.63. The van der Waals surface area contributed by atoms with Crippen LogP contribution in [0.5, 0.6) is 0 Å². The summed E-state index contributed by atoms with van der Waals surface area (Å²) in [6.45, 7) is 0. The molecule has 0 fully saturated rings. The molecule has 1 N–H and O–H groups in total. The van der Waals surface area contributed by atoms with Crippen molar-refractivity contribution in [2.75, 3.05) is 0 Å². The summed E-state index contributed by atoms with van der Waals surface area (Å²) in [4.78, 5) is 3.64. The summed E-state index contributed by atoms with van der Waals surface area (Å²) in [5, 5.41) is 8.36. The second kappa shape index (κ2) is 2.34. The molecule has 0 unspecified atom stereocenters. The van der Waals surface area contributed by atoms with Crippen LogP contribution >= 0.6 is 0 Å². The monoisotopic (exact) mass is 105 g/mol. The largest absolute Gasteiger partial charge is 0.450 e. The maximum atomic E-state index is 8.36. The van der Waals surface area contributed by atoms with E-state index in [1.54, 1.807) is 18.3 Å². The van der Waals surface area contributed by atoms with E-state index in [4.69, 9.17) is 5.02 Å². The molecule has 1 rings (SSSR count). The summed E-state index contributed by atoms with van der Waals surface area (Å²) in [5.41, 5.74) is 0.722. The van der Waals surface area contributed by atoms with Crippen LogP contribution in [0.2, 0.25) is 0 Å². The molecule has 1 aromatic heterocycles. The van der Waals surface area contributed by atoms with Crippen LogP contribution < -0.4 is 10.4 Å². The van der Waals surface area contributed by atoms with E-state index in [1.807, 2.05) is 0 Å². The molecule has 0 saturated heterocycles. The lowest BCUT2D eigenvalue weighted by Gasteiger charge is -1.76. The van der Waals surface area contributed by atoms with Crippen LogP contribution in [0.3, 0.4) is 0 Å². The van der Waals surface area contributed by atoms with Crippen molar-refractivity contribution in [2.24, 2.45) is 0 Å². The van der Waals surface area contributed by atoms with Crippen molar-refractivity contribution in [1.82, 2.24) is 0 Å². The van der Waals surface area contributed by atoms with Gasteiger partial charge < -0.3 is 5.02 Å². The third-order valence-corrected chi connectivity index (χ3v) is 0.796. The lowest BCUT2D eigenvalue weighted by atomic mass is 9.91. The van der Waals surface area contributed by atoms with E-state index in [0.29, 0.717) is 0 Å². The Bertz CT molecular complexity index is 154. The van der Waals surface area contributed by atoms with Crippen molar-refractivity contribution >= 4 is 12.9 Å². The van der Waals surface area contributed by atoms with Gasteiger partial charge in [-0.15, -0.1) is 0 Å². The standard InChI is InChI=1S/C5H4BNO/c8-6-5-1-3-7-4-2-5/h1-3,8H/q+1. The van der Waals surface area contributed by atoms with E-state index in [-0.39, 0.29) is 0 Å². The minimum Gasteiger partial charge on any atom is -0.450 e. The number of nitrogens with zero attached hydrogens (tertiary/aromatic N) is 1. The predicted molar refractivity (Wildman–Crippen MR) is 28.5 cm³/mol. The zero-order valence-electron chi connectivity index (χ0n) is 4.20. The molecule has 1 heterocycles. The highest BCUT2D eigenvalue weighted by molar-refractivity contribution is 6.45. The summed E-state index contributed by atoms with van der Waals surface area (Å²) in [7, 11) is 1.01. The highest BCUT2D eigenvalue weighted by atomic mass is 16.2. The summed E-state index contributed by atoms with van der Waals surface area (Å²) in [6.07, 6.45) is 4.14. The van der Waals surface area contributed by atoms with E-state index >= 15 is 0 Å². The zero-order chi connectivity index (χ0) is 5.82. The fourth-order valence-electron chi connectivity index (χ4n) is 0.407. The molecule has 0 spiro atoms. The molecule has 0 aliphatic rings. The van der Waals surface area contributed by atoms with Crippen molar-refractivity contribution in [2.45, 2.75) is 0 Å². The van der Waals surface area contributed by atoms with Crippen LogP contribution in [0.4, 0.5) is 0 Å². The molecule has 1 aromatic rings. The first-order valence-electron chi connectivity index (χ1n) is 2.23. The molecular weight excluding hydrogens is 101 g/mol. The van der Waals surface area contributed by atoms with Gasteiger partial charge in [0.1, 0.15) is 0 Å². The zero-order valence-corrected chi connectivity index (χ0v) is 4.20. The lowest BCUT2D eigenvalue weighted by molar-refractivity contribution is -0.293. The molecular formula is C5H4BNO+. The summed E-state index contributed by atoms with van der Waals surface area (Å²) in [5.74, 6) is 0. The Morgan fingerprint density at radius 1 is 1.75 bits per heavy atom. The Morgan fingerprint density at radius 2 is 2.62 bits per heavy atom. The molecule has 0 bridgehead atoms. The topological polar surface area (TPSA) is 34.3 Å². The molecule has 0 amide bonds. The normalized spacial score (nSPS) is 7.62. The number of aromatic nitrogens is 1. The third-order valence-electron chi connectivity index (χ3n) is 0.796. The first-order valence-corrected chi connectivity index (χ1v) is 2.23. The summed E-state index contributed by atoms with van der Waals surface area (Å²) < 4.78 is 0. The summed E-state index contributed by atoms with van der Waals surface area (Å²) in [6, 6.07) is 3.29. The maximum Gasteiger partial charge on any atom is 0.327 e. The van der Waals surface area contributed by atoms with E-state index in [0.717, 1.165) is 12.9 Å². The fourth-order valence-corrected chi connectivity index (χ4v) is 0.407. The van der Waals surface area contributed by atoms with Gasteiger partial charge >= 0.3 is 19.9 Å². The Morgan fingerprint density at radius 3 is 3.00 bits per heavy atom. The van der Waals surface area contributed by atoms with Crippen molar-refractivity contribution in [3.63, 3.8) is 0 Å². The Balaban J connectivity index is 2.83. The van der Waals surface area contributed by atoms with Gasteiger partial charge in [0.15, 0.2) is 0 Å². The average molecular weight is 105 g/mol. The summed E-state index contributed by atoms with van der Waals surface area (Å²) >= 11 is 0. The highest BCUT2D eigenvalue weighted by Gasteiger charge is 1.91. The van der Waals surface area contributed by atoms with Crippen molar-refractivity contribution in [1.29, 1.82) is 0 Å². The second-order valence-electron chi connectivity index (χ2n) is 1.35. The fraction of sp³-hybridized carbons (Fsp3) is 0.